The van der Waals surface area contributed by atoms with E-state index in [0.717, 1.165) is 18.8 Å². The van der Waals surface area contributed by atoms with Crippen molar-refractivity contribution < 1.29 is 4.74 Å². The predicted molar refractivity (Wildman–Crippen MR) is 72.3 cm³/mol. The minimum absolute atomic E-state index is 0.800. The summed E-state index contributed by atoms with van der Waals surface area (Å²) in [5.74, 6) is 0.958. The fourth-order valence-electron chi connectivity index (χ4n) is 1.73. The smallest absolute Gasteiger partial charge is 0.119 e. The Bertz CT molecular complexity index is 448. The van der Waals surface area contributed by atoms with Crippen LogP contribution in [0.5, 0.6) is 5.75 Å². The minimum Gasteiger partial charge on any atom is -0.494 e. The summed E-state index contributed by atoms with van der Waals surface area (Å²) in [6, 6.07) is 18.7. The van der Waals surface area contributed by atoms with E-state index in [0.29, 0.717) is 0 Å². The zero-order valence-corrected chi connectivity index (χ0v) is 10.2. The first kappa shape index (κ1) is 11.7. The normalized spacial score (nSPS) is 10.2. The quantitative estimate of drug-likeness (QED) is 0.680. The topological polar surface area (TPSA) is 9.23 Å². The highest BCUT2D eigenvalue weighted by Crippen LogP contribution is 2.23. The Morgan fingerprint density at radius 2 is 1.65 bits per heavy atom. The molecule has 1 nitrogen and oxygen atoms in total. The van der Waals surface area contributed by atoms with Crippen LogP contribution in [0.15, 0.2) is 54.6 Å². The second kappa shape index (κ2) is 6.09. The summed E-state index contributed by atoms with van der Waals surface area (Å²) in [5.41, 5.74) is 2.44. The van der Waals surface area contributed by atoms with Crippen LogP contribution >= 0.6 is 0 Å². The highest BCUT2D eigenvalue weighted by atomic mass is 16.5. The van der Waals surface area contributed by atoms with Gasteiger partial charge in [-0.15, -0.1) is 0 Å². The van der Waals surface area contributed by atoms with E-state index in [2.05, 4.69) is 43.3 Å². The highest BCUT2D eigenvalue weighted by molar-refractivity contribution is 5.64. The largest absolute Gasteiger partial charge is 0.494 e. The maximum Gasteiger partial charge on any atom is 0.119 e. The first-order valence-electron chi connectivity index (χ1n) is 6.18. The van der Waals surface area contributed by atoms with Crippen molar-refractivity contribution in [2.75, 3.05) is 6.61 Å². The number of unbranched alkanes of at least 4 members (excludes halogenated alkanes) is 1. The molecule has 0 aliphatic heterocycles. The predicted octanol–water partition coefficient (Wildman–Crippen LogP) is 4.53. The van der Waals surface area contributed by atoms with Gasteiger partial charge in [0.2, 0.25) is 0 Å². The molecule has 0 radical (unpaired) electrons. The Hall–Kier alpha value is -1.76. The van der Waals surface area contributed by atoms with E-state index >= 15 is 0 Å². The fraction of sp³-hybridized carbons (Fsp3) is 0.250. The monoisotopic (exact) mass is 226 g/mol. The van der Waals surface area contributed by atoms with Crippen molar-refractivity contribution in [3.63, 3.8) is 0 Å². The standard InChI is InChI=1S/C16H18O/c1-2-3-12-17-16-11-7-10-15(13-16)14-8-5-4-6-9-14/h4-11,13H,2-3,12H2,1H3. The molecule has 0 aliphatic rings. The van der Waals surface area contributed by atoms with Crippen LogP contribution in [-0.4, -0.2) is 6.61 Å². The van der Waals surface area contributed by atoms with Crippen LogP contribution in [0.4, 0.5) is 0 Å². The summed E-state index contributed by atoms with van der Waals surface area (Å²) in [6.07, 6.45) is 2.27. The van der Waals surface area contributed by atoms with Crippen LogP contribution in [0, 0.1) is 0 Å². The SMILES string of the molecule is CCCCOc1cccc(-c2ccccc2)c1. The first-order chi connectivity index (χ1) is 8.40. The molecule has 2 aromatic carbocycles. The van der Waals surface area contributed by atoms with Gasteiger partial charge in [-0.05, 0) is 29.7 Å². The van der Waals surface area contributed by atoms with Gasteiger partial charge in [-0.1, -0.05) is 55.8 Å². The van der Waals surface area contributed by atoms with Gasteiger partial charge in [0.25, 0.3) is 0 Å². The summed E-state index contributed by atoms with van der Waals surface area (Å²) in [5, 5.41) is 0. The van der Waals surface area contributed by atoms with Gasteiger partial charge in [-0.25, -0.2) is 0 Å². The molecule has 0 aromatic heterocycles. The summed E-state index contributed by atoms with van der Waals surface area (Å²) < 4.78 is 5.71. The van der Waals surface area contributed by atoms with Crippen molar-refractivity contribution in [3.05, 3.63) is 54.6 Å². The van der Waals surface area contributed by atoms with E-state index in [9.17, 15) is 0 Å². The van der Waals surface area contributed by atoms with Gasteiger partial charge in [0.15, 0.2) is 0 Å². The zero-order valence-electron chi connectivity index (χ0n) is 10.2. The van der Waals surface area contributed by atoms with Gasteiger partial charge >= 0.3 is 0 Å². The Kier molecular flexibility index (Phi) is 4.20. The second-order valence-corrected chi connectivity index (χ2v) is 4.10. The van der Waals surface area contributed by atoms with Crippen LogP contribution in [0.1, 0.15) is 19.8 Å². The highest BCUT2D eigenvalue weighted by Gasteiger charge is 1.99. The average Bonchev–Trinajstić information content (AvgIpc) is 2.41. The first-order valence-corrected chi connectivity index (χ1v) is 6.18. The summed E-state index contributed by atoms with van der Waals surface area (Å²) in [4.78, 5) is 0. The van der Waals surface area contributed by atoms with Gasteiger partial charge in [0.1, 0.15) is 5.75 Å². The number of ether oxygens (including phenoxy) is 1. The van der Waals surface area contributed by atoms with E-state index in [4.69, 9.17) is 4.74 Å². The molecule has 0 bridgehead atoms. The molecule has 0 heterocycles. The Labute approximate surface area is 103 Å². The number of benzene rings is 2. The van der Waals surface area contributed by atoms with Crippen molar-refractivity contribution >= 4 is 0 Å². The molecule has 2 aromatic rings. The van der Waals surface area contributed by atoms with E-state index < -0.39 is 0 Å². The molecular formula is C16H18O. The van der Waals surface area contributed by atoms with Crippen LogP contribution in [0.25, 0.3) is 11.1 Å². The van der Waals surface area contributed by atoms with Crippen LogP contribution in [-0.2, 0) is 0 Å². The summed E-state index contributed by atoms with van der Waals surface area (Å²) in [6.45, 7) is 2.97. The molecule has 1 heteroatoms. The molecule has 88 valence electrons. The van der Waals surface area contributed by atoms with Gasteiger partial charge in [-0.2, -0.15) is 0 Å². The summed E-state index contributed by atoms with van der Waals surface area (Å²) >= 11 is 0. The zero-order chi connectivity index (χ0) is 11.9. The molecule has 0 unspecified atom stereocenters. The maximum absolute atomic E-state index is 5.71. The fourth-order valence-corrected chi connectivity index (χ4v) is 1.73. The molecule has 0 saturated heterocycles. The molecule has 0 atom stereocenters. The third-order valence-corrected chi connectivity index (χ3v) is 2.71. The van der Waals surface area contributed by atoms with Crippen LogP contribution < -0.4 is 4.74 Å². The van der Waals surface area contributed by atoms with Crippen molar-refractivity contribution in [2.24, 2.45) is 0 Å². The average molecular weight is 226 g/mol. The van der Waals surface area contributed by atoms with Crippen molar-refractivity contribution in [1.29, 1.82) is 0 Å². The molecule has 2 rings (SSSR count). The number of hydrogen-bond acceptors (Lipinski definition) is 1. The molecular weight excluding hydrogens is 208 g/mol. The van der Waals surface area contributed by atoms with Gasteiger partial charge in [0.05, 0.1) is 6.61 Å². The molecule has 0 N–H and O–H groups in total. The molecule has 17 heavy (non-hydrogen) atoms. The van der Waals surface area contributed by atoms with E-state index in [1.807, 2.05) is 18.2 Å². The minimum atomic E-state index is 0.800. The Morgan fingerprint density at radius 1 is 0.882 bits per heavy atom. The van der Waals surface area contributed by atoms with Crippen molar-refractivity contribution in [2.45, 2.75) is 19.8 Å². The molecule has 0 saturated carbocycles. The third kappa shape index (κ3) is 3.35. The summed E-state index contributed by atoms with van der Waals surface area (Å²) in [7, 11) is 0. The van der Waals surface area contributed by atoms with Crippen molar-refractivity contribution in [1.82, 2.24) is 0 Å². The van der Waals surface area contributed by atoms with E-state index in [-0.39, 0.29) is 0 Å². The lowest BCUT2D eigenvalue weighted by atomic mass is 10.1. The third-order valence-electron chi connectivity index (χ3n) is 2.71. The Morgan fingerprint density at radius 3 is 2.41 bits per heavy atom. The lowest BCUT2D eigenvalue weighted by molar-refractivity contribution is 0.309. The Balaban J connectivity index is 2.12. The lowest BCUT2D eigenvalue weighted by Gasteiger charge is -2.07. The number of hydrogen-bond donors (Lipinski definition) is 0. The molecule has 0 aliphatic carbocycles. The van der Waals surface area contributed by atoms with Crippen LogP contribution in [0.3, 0.4) is 0 Å². The van der Waals surface area contributed by atoms with Crippen molar-refractivity contribution in [3.8, 4) is 16.9 Å². The number of rotatable bonds is 5. The maximum atomic E-state index is 5.71. The molecule has 0 fully saturated rings. The van der Waals surface area contributed by atoms with Gasteiger partial charge in [0, 0.05) is 0 Å². The van der Waals surface area contributed by atoms with E-state index in [1.54, 1.807) is 0 Å². The van der Waals surface area contributed by atoms with E-state index in [1.165, 1.54) is 17.5 Å². The molecule has 0 spiro atoms. The second-order valence-electron chi connectivity index (χ2n) is 4.10. The van der Waals surface area contributed by atoms with Gasteiger partial charge < -0.3 is 4.74 Å². The molecule has 0 amide bonds. The van der Waals surface area contributed by atoms with Gasteiger partial charge in [-0.3, -0.25) is 0 Å². The lowest BCUT2D eigenvalue weighted by Crippen LogP contribution is -1.96. The van der Waals surface area contributed by atoms with Crippen LogP contribution in [0.2, 0.25) is 0 Å².